The molecule has 0 aliphatic heterocycles. The molecule has 0 unspecified atom stereocenters. The second-order valence-corrected chi connectivity index (χ2v) is 6.11. The molecule has 17 heavy (non-hydrogen) atoms. The van der Waals surface area contributed by atoms with Gasteiger partial charge in [-0.05, 0) is 32.0 Å². The fraction of sp³-hybridized carbons (Fsp3) is 0.500. The Balaban J connectivity index is 3.18. The molecule has 1 aromatic rings. The van der Waals surface area contributed by atoms with Gasteiger partial charge in [0.1, 0.15) is 0 Å². The summed E-state index contributed by atoms with van der Waals surface area (Å²) in [5.41, 5.74) is 0.943. The molecule has 0 radical (unpaired) electrons. The van der Waals surface area contributed by atoms with Crippen molar-refractivity contribution in [2.75, 3.05) is 32.1 Å². The topological polar surface area (TPSA) is 40.6 Å². The van der Waals surface area contributed by atoms with E-state index < -0.39 is 10.0 Å². The minimum absolute atomic E-state index is 0.340. The lowest BCUT2D eigenvalue weighted by atomic mass is 10.3. The maximum absolute atomic E-state index is 12.0. The van der Waals surface area contributed by atoms with Gasteiger partial charge in [0, 0.05) is 32.9 Å². The molecule has 96 valence electrons. The zero-order valence-corrected chi connectivity index (χ0v) is 11.7. The molecule has 0 amide bonds. The Labute approximate surface area is 104 Å². The van der Waals surface area contributed by atoms with Crippen molar-refractivity contribution in [1.82, 2.24) is 4.31 Å². The molecule has 5 heteroatoms. The van der Waals surface area contributed by atoms with Gasteiger partial charge in [-0.3, -0.25) is 0 Å². The van der Waals surface area contributed by atoms with Crippen molar-refractivity contribution in [3.05, 3.63) is 24.3 Å². The van der Waals surface area contributed by atoms with Crippen LogP contribution < -0.4 is 4.90 Å². The van der Waals surface area contributed by atoms with Gasteiger partial charge in [-0.2, -0.15) is 0 Å². The van der Waals surface area contributed by atoms with Gasteiger partial charge in [-0.15, -0.1) is 0 Å². The van der Waals surface area contributed by atoms with Crippen LogP contribution in [0.5, 0.6) is 0 Å². The Morgan fingerprint density at radius 3 is 2.18 bits per heavy atom. The molecule has 0 saturated heterocycles. The first kappa shape index (κ1) is 14.0. The van der Waals surface area contributed by atoms with Crippen LogP contribution in [0.2, 0.25) is 0 Å². The quantitative estimate of drug-likeness (QED) is 0.806. The molecular formula is C12H20N2O2S. The second kappa shape index (κ2) is 5.51. The molecule has 0 aliphatic rings. The van der Waals surface area contributed by atoms with Crippen molar-refractivity contribution in [2.24, 2.45) is 0 Å². The number of hydrogen-bond acceptors (Lipinski definition) is 3. The Hall–Kier alpha value is -1.07. The van der Waals surface area contributed by atoms with E-state index in [9.17, 15) is 8.42 Å². The summed E-state index contributed by atoms with van der Waals surface area (Å²) in [7, 11) is -0.261. The third-order valence-corrected chi connectivity index (χ3v) is 4.54. The van der Waals surface area contributed by atoms with Crippen molar-refractivity contribution >= 4 is 15.7 Å². The summed E-state index contributed by atoms with van der Waals surface area (Å²) in [6.07, 6.45) is 0. The van der Waals surface area contributed by atoms with Crippen LogP contribution in [0.4, 0.5) is 5.69 Å². The summed E-state index contributed by atoms with van der Waals surface area (Å²) >= 11 is 0. The fourth-order valence-corrected chi connectivity index (χ4v) is 2.58. The number of nitrogens with zero attached hydrogens (tertiary/aromatic N) is 2. The lowest BCUT2D eigenvalue weighted by molar-refractivity contribution is 0.520. The zero-order valence-electron chi connectivity index (χ0n) is 10.8. The van der Waals surface area contributed by atoms with Gasteiger partial charge in [0.05, 0.1) is 4.90 Å². The van der Waals surface area contributed by atoms with Crippen LogP contribution in [0.25, 0.3) is 0 Å². The summed E-state index contributed by atoms with van der Waals surface area (Å²) in [5.74, 6) is 0. The molecule has 0 N–H and O–H groups in total. The average Bonchev–Trinajstić information content (AvgIpc) is 2.31. The molecule has 0 aromatic heterocycles. The lowest BCUT2D eigenvalue weighted by Crippen LogP contribution is -2.24. The van der Waals surface area contributed by atoms with Crippen molar-refractivity contribution in [1.29, 1.82) is 0 Å². The molecule has 1 rings (SSSR count). The maximum atomic E-state index is 12.0. The first-order valence-electron chi connectivity index (χ1n) is 5.71. The van der Waals surface area contributed by atoms with E-state index in [2.05, 4.69) is 18.7 Å². The van der Waals surface area contributed by atoms with Crippen molar-refractivity contribution in [2.45, 2.75) is 18.7 Å². The Kier molecular flexibility index (Phi) is 4.54. The average molecular weight is 256 g/mol. The smallest absolute Gasteiger partial charge is 0.242 e. The zero-order chi connectivity index (χ0) is 13.1. The molecule has 0 fully saturated rings. The molecule has 0 heterocycles. The van der Waals surface area contributed by atoms with E-state index in [0.717, 1.165) is 18.8 Å². The highest BCUT2D eigenvalue weighted by atomic mass is 32.2. The van der Waals surface area contributed by atoms with Gasteiger partial charge in [0.25, 0.3) is 0 Å². The van der Waals surface area contributed by atoms with Crippen LogP contribution in [0, 0.1) is 0 Å². The molecule has 0 spiro atoms. The predicted octanol–water partition coefficient (Wildman–Crippen LogP) is 1.78. The van der Waals surface area contributed by atoms with Crippen LogP contribution in [0.1, 0.15) is 13.8 Å². The van der Waals surface area contributed by atoms with Crippen LogP contribution in [0.15, 0.2) is 29.2 Å². The van der Waals surface area contributed by atoms with E-state index in [1.807, 2.05) is 6.07 Å². The highest BCUT2D eigenvalue weighted by Crippen LogP contribution is 2.20. The summed E-state index contributed by atoms with van der Waals surface area (Å²) in [6, 6.07) is 7.07. The maximum Gasteiger partial charge on any atom is 0.242 e. The number of anilines is 1. The summed E-state index contributed by atoms with van der Waals surface area (Å²) in [6.45, 7) is 5.83. The van der Waals surface area contributed by atoms with Crippen LogP contribution >= 0.6 is 0 Å². The lowest BCUT2D eigenvalue weighted by Gasteiger charge is -2.22. The Morgan fingerprint density at radius 1 is 1.12 bits per heavy atom. The Morgan fingerprint density at radius 2 is 1.71 bits per heavy atom. The summed E-state index contributed by atoms with van der Waals surface area (Å²) < 4.78 is 25.2. The minimum Gasteiger partial charge on any atom is -0.372 e. The van der Waals surface area contributed by atoms with Gasteiger partial charge < -0.3 is 4.90 Å². The Bertz CT molecular complexity index is 465. The molecule has 1 aromatic carbocycles. The van der Waals surface area contributed by atoms with E-state index >= 15 is 0 Å². The first-order chi connectivity index (χ1) is 7.93. The molecule has 4 nitrogen and oxygen atoms in total. The molecule has 0 aliphatic carbocycles. The highest BCUT2D eigenvalue weighted by Gasteiger charge is 2.17. The van der Waals surface area contributed by atoms with E-state index in [1.165, 1.54) is 4.31 Å². The van der Waals surface area contributed by atoms with E-state index in [-0.39, 0.29) is 0 Å². The fourth-order valence-electron chi connectivity index (χ4n) is 1.64. The first-order valence-corrected chi connectivity index (χ1v) is 7.15. The van der Waals surface area contributed by atoms with Crippen molar-refractivity contribution in [3.8, 4) is 0 Å². The number of hydrogen-bond donors (Lipinski definition) is 0. The normalized spacial score (nSPS) is 11.8. The van der Waals surface area contributed by atoms with Crippen LogP contribution in [-0.4, -0.2) is 39.9 Å². The van der Waals surface area contributed by atoms with Gasteiger partial charge in [0.2, 0.25) is 10.0 Å². The standard InChI is InChI=1S/C12H20N2O2S/c1-5-14(6-2)11-8-7-9-12(10-11)17(15,16)13(3)4/h7-10H,5-6H2,1-4H3. The van der Waals surface area contributed by atoms with Gasteiger partial charge >= 0.3 is 0 Å². The SMILES string of the molecule is CCN(CC)c1cccc(S(=O)(=O)N(C)C)c1. The van der Waals surface area contributed by atoms with E-state index in [0.29, 0.717) is 4.90 Å². The highest BCUT2D eigenvalue weighted by molar-refractivity contribution is 7.89. The van der Waals surface area contributed by atoms with Gasteiger partial charge in [0.15, 0.2) is 0 Å². The third-order valence-electron chi connectivity index (χ3n) is 2.72. The summed E-state index contributed by atoms with van der Waals surface area (Å²) in [4.78, 5) is 2.46. The monoisotopic (exact) mass is 256 g/mol. The van der Waals surface area contributed by atoms with E-state index in [4.69, 9.17) is 0 Å². The van der Waals surface area contributed by atoms with Gasteiger partial charge in [-0.1, -0.05) is 6.07 Å². The molecule has 0 atom stereocenters. The second-order valence-electron chi connectivity index (χ2n) is 3.96. The number of sulfonamides is 1. The van der Waals surface area contributed by atoms with Gasteiger partial charge in [-0.25, -0.2) is 12.7 Å². The molecule has 0 bridgehead atoms. The van der Waals surface area contributed by atoms with Crippen LogP contribution in [0.3, 0.4) is 0 Å². The molecule has 0 saturated carbocycles. The van der Waals surface area contributed by atoms with E-state index in [1.54, 1.807) is 32.3 Å². The van der Waals surface area contributed by atoms with Crippen LogP contribution in [-0.2, 0) is 10.0 Å². The minimum atomic E-state index is -3.34. The number of rotatable bonds is 5. The van der Waals surface area contributed by atoms with Crippen molar-refractivity contribution in [3.63, 3.8) is 0 Å². The third kappa shape index (κ3) is 2.98. The summed E-state index contributed by atoms with van der Waals surface area (Å²) in [5, 5.41) is 0. The predicted molar refractivity (Wildman–Crippen MR) is 70.9 cm³/mol. The van der Waals surface area contributed by atoms with Crippen molar-refractivity contribution < 1.29 is 8.42 Å². The number of benzene rings is 1. The molecular weight excluding hydrogens is 236 g/mol. The largest absolute Gasteiger partial charge is 0.372 e.